The zero-order valence-corrected chi connectivity index (χ0v) is 15.7. The number of benzene rings is 2. The van der Waals surface area contributed by atoms with Gasteiger partial charge in [0.1, 0.15) is 0 Å². The van der Waals surface area contributed by atoms with Crippen LogP contribution < -0.4 is 4.90 Å². The Labute approximate surface area is 168 Å². The van der Waals surface area contributed by atoms with Gasteiger partial charge in [-0.3, -0.25) is 19.2 Å². The summed E-state index contributed by atoms with van der Waals surface area (Å²) in [5.41, 5.74) is 3.18. The standard InChI is InChI=1S/C23H18N2O4/c26-20(11-12-21(27)25-22(28)13-14-23(25)29)24-15-18-7-2-1-5-16(18)9-10-17-6-3-4-8-19(17)24/h1-8H,11-15H2. The van der Waals surface area contributed by atoms with Crippen molar-refractivity contribution in [3.63, 3.8) is 0 Å². The highest BCUT2D eigenvalue weighted by Gasteiger charge is 2.34. The second-order valence-electron chi connectivity index (χ2n) is 6.92. The Hall–Kier alpha value is -3.72. The van der Waals surface area contributed by atoms with Crippen LogP contribution in [0, 0.1) is 11.8 Å². The van der Waals surface area contributed by atoms with Gasteiger partial charge < -0.3 is 4.90 Å². The Kier molecular flexibility index (Phi) is 4.96. The van der Waals surface area contributed by atoms with E-state index in [0.29, 0.717) is 17.1 Å². The molecule has 0 radical (unpaired) electrons. The lowest BCUT2D eigenvalue weighted by Gasteiger charge is -2.26. The number of hydrogen-bond acceptors (Lipinski definition) is 4. The van der Waals surface area contributed by atoms with Crippen molar-refractivity contribution in [1.29, 1.82) is 0 Å². The van der Waals surface area contributed by atoms with E-state index in [0.717, 1.165) is 16.7 Å². The van der Waals surface area contributed by atoms with Crippen LogP contribution in [-0.2, 0) is 25.7 Å². The SMILES string of the molecule is O=C1CCC(=O)N1C(=O)CCC(=O)N1Cc2ccccc2C#Cc2ccccc21. The van der Waals surface area contributed by atoms with E-state index < -0.39 is 17.7 Å². The monoisotopic (exact) mass is 386 g/mol. The molecule has 29 heavy (non-hydrogen) atoms. The first-order chi connectivity index (χ1) is 14.0. The molecule has 6 nitrogen and oxygen atoms in total. The first-order valence-electron chi connectivity index (χ1n) is 9.42. The normalized spacial score (nSPS) is 15.0. The third-order valence-electron chi connectivity index (χ3n) is 5.03. The minimum Gasteiger partial charge on any atom is -0.307 e. The van der Waals surface area contributed by atoms with Gasteiger partial charge in [0.15, 0.2) is 0 Å². The Balaban J connectivity index is 1.58. The highest BCUT2D eigenvalue weighted by atomic mass is 16.2. The smallest absolute Gasteiger partial charge is 0.236 e. The molecule has 1 saturated heterocycles. The van der Waals surface area contributed by atoms with Gasteiger partial charge in [-0.2, -0.15) is 0 Å². The molecule has 0 aliphatic carbocycles. The molecule has 0 aromatic heterocycles. The Morgan fingerprint density at radius 3 is 2.14 bits per heavy atom. The molecule has 0 spiro atoms. The van der Waals surface area contributed by atoms with Crippen molar-refractivity contribution in [3.05, 3.63) is 65.2 Å². The third-order valence-corrected chi connectivity index (χ3v) is 5.03. The van der Waals surface area contributed by atoms with E-state index in [-0.39, 0.29) is 31.6 Å². The summed E-state index contributed by atoms with van der Waals surface area (Å²) in [5.74, 6) is 4.41. The number of para-hydroxylation sites is 1. The Bertz CT molecular complexity index is 1080. The summed E-state index contributed by atoms with van der Waals surface area (Å²) < 4.78 is 0. The van der Waals surface area contributed by atoms with Crippen LogP contribution in [0.5, 0.6) is 0 Å². The van der Waals surface area contributed by atoms with Gasteiger partial charge in [-0.1, -0.05) is 42.2 Å². The maximum absolute atomic E-state index is 13.1. The van der Waals surface area contributed by atoms with E-state index >= 15 is 0 Å². The second-order valence-corrected chi connectivity index (χ2v) is 6.92. The van der Waals surface area contributed by atoms with Crippen molar-refractivity contribution in [2.24, 2.45) is 0 Å². The number of imide groups is 3. The first-order valence-corrected chi connectivity index (χ1v) is 9.42. The molecule has 0 bridgehead atoms. The Morgan fingerprint density at radius 2 is 1.38 bits per heavy atom. The molecule has 0 saturated carbocycles. The highest BCUT2D eigenvalue weighted by Crippen LogP contribution is 2.26. The number of hydrogen-bond donors (Lipinski definition) is 0. The molecule has 2 aliphatic rings. The van der Waals surface area contributed by atoms with E-state index in [1.54, 1.807) is 4.90 Å². The number of anilines is 1. The van der Waals surface area contributed by atoms with Gasteiger partial charge in [0, 0.05) is 36.8 Å². The van der Waals surface area contributed by atoms with E-state index in [1.807, 2.05) is 48.5 Å². The molecule has 0 N–H and O–H groups in total. The summed E-state index contributed by atoms with van der Waals surface area (Å²) in [6, 6.07) is 15.0. The minimum atomic E-state index is -0.619. The van der Waals surface area contributed by atoms with Crippen LogP contribution in [-0.4, -0.2) is 28.5 Å². The zero-order chi connectivity index (χ0) is 20.4. The molecule has 0 atom stereocenters. The number of rotatable bonds is 3. The summed E-state index contributed by atoms with van der Waals surface area (Å²) in [6.45, 7) is 0.330. The maximum atomic E-state index is 13.1. The number of nitrogens with zero attached hydrogens (tertiary/aromatic N) is 2. The summed E-state index contributed by atoms with van der Waals surface area (Å²) in [7, 11) is 0. The predicted octanol–water partition coefficient (Wildman–Crippen LogP) is 2.39. The van der Waals surface area contributed by atoms with Gasteiger partial charge >= 0.3 is 0 Å². The van der Waals surface area contributed by atoms with Crippen molar-refractivity contribution in [2.45, 2.75) is 32.2 Å². The molecule has 2 aliphatic heterocycles. The van der Waals surface area contributed by atoms with Crippen LogP contribution in [0.25, 0.3) is 0 Å². The number of amides is 4. The molecule has 4 amide bonds. The highest BCUT2D eigenvalue weighted by molar-refractivity contribution is 6.15. The molecule has 1 fully saturated rings. The predicted molar refractivity (Wildman–Crippen MR) is 105 cm³/mol. The second kappa shape index (κ2) is 7.72. The fourth-order valence-corrected chi connectivity index (χ4v) is 3.52. The molecule has 6 heteroatoms. The molecule has 2 aromatic carbocycles. The summed E-state index contributed by atoms with van der Waals surface area (Å²) in [4.78, 5) is 51.1. The molecule has 0 unspecified atom stereocenters. The van der Waals surface area contributed by atoms with Crippen molar-refractivity contribution >= 4 is 29.3 Å². The lowest BCUT2D eigenvalue weighted by molar-refractivity contribution is -0.150. The summed E-state index contributed by atoms with van der Waals surface area (Å²) in [5, 5.41) is 0. The van der Waals surface area contributed by atoms with Gasteiger partial charge in [0.05, 0.1) is 12.2 Å². The van der Waals surface area contributed by atoms with Gasteiger partial charge in [-0.05, 0) is 23.8 Å². The summed E-state index contributed by atoms with van der Waals surface area (Å²) in [6.07, 6.45) is -0.191. The van der Waals surface area contributed by atoms with Crippen LogP contribution in [0.3, 0.4) is 0 Å². The van der Waals surface area contributed by atoms with Crippen LogP contribution in [0.4, 0.5) is 5.69 Å². The van der Waals surface area contributed by atoms with E-state index in [1.165, 1.54) is 0 Å². The van der Waals surface area contributed by atoms with Crippen molar-refractivity contribution in [2.75, 3.05) is 4.90 Å². The number of carbonyl (C=O) groups excluding carboxylic acids is 4. The quantitative estimate of drug-likeness (QED) is 0.600. The van der Waals surface area contributed by atoms with Crippen molar-refractivity contribution in [3.8, 4) is 11.8 Å². The Morgan fingerprint density at radius 1 is 0.793 bits per heavy atom. The zero-order valence-electron chi connectivity index (χ0n) is 15.7. The summed E-state index contributed by atoms with van der Waals surface area (Å²) >= 11 is 0. The molecule has 144 valence electrons. The fourth-order valence-electron chi connectivity index (χ4n) is 3.52. The molecule has 2 heterocycles. The van der Waals surface area contributed by atoms with E-state index in [9.17, 15) is 19.2 Å². The lowest BCUT2D eigenvalue weighted by Crippen LogP contribution is -2.37. The number of carbonyl (C=O) groups is 4. The molecule has 2 aromatic rings. The van der Waals surface area contributed by atoms with Crippen molar-refractivity contribution < 1.29 is 19.2 Å². The number of fused-ring (bicyclic) bond motifs is 2. The van der Waals surface area contributed by atoms with Crippen LogP contribution in [0.2, 0.25) is 0 Å². The van der Waals surface area contributed by atoms with E-state index in [2.05, 4.69) is 11.8 Å². The van der Waals surface area contributed by atoms with Gasteiger partial charge in [-0.15, -0.1) is 0 Å². The van der Waals surface area contributed by atoms with E-state index in [4.69, 9.17) is 0 Å². The van der Waals surface area contributed by atoms with Crippen LogP contribution in [0.15, 0.2) is 48.5 Å². The molecular formula is C23H18N2O4. The largest absolute Gasteiger partial charge is 0.307 e. The average Bonchev–Trinajstić information content (AvgIpc) is 3.06. The lowest BCUT2D eigenvalue weighted by atomic mass is 10.0. The average molecular weight is 386 g/mol. The maximum Gasteiger partial charge on any atom is 0.236 e. The minimum absolute atomic E-state index is 0.0491. The molecular weight excluding hydrogens is 368 g/mol. The van der Waals surface area contributed by atoms with Crippen LogP contribution >= 0.6 is 0 Å². The number of likely N-dealkylation sites (tertiary alicyclic amines) is 1. The first kappa shape index (κ1) is 18.6. The van der Waals surface area contributed by atoms with Gasteiger partial charge in [0.2, 0.25) is 23.6 Å². The third kappa shape index (κ3) is 3.67. The van der Waals surface area contributed by atoms with Crippen LogP contribution in [0.1, 0.15) is 42.4 Å². The topological polar surface area (TPSA) is 74.8 Å². The fraction of sp³-hybridized carbons (Fsp3) is 0.217. The van der Waals surface area contributed by atoms with Gasteiger partial charge in [-0.25, -0.2) is 4.90 Å². The van der Waals surface area contributed by atoms with Gasteiger partial charge in [0.25, 0.3) is 0 Å². The molecule has 4 rings (SSSR count). The van der Waals surface area contributed by atoms with Crippen molar-refractivity contribution in [1.82, 2.24) is 4.90 Å².